The molecule has 0 radical (unpaired) electrons. The standard InChI is InChI=1S/C60H39N3/c1-7-19-43(20-8-1)61(44-21-9-2-10-22-44)52-37-41-33-36-51-54(63(47-27-15-5-16-28-47)48-29-17-6-18-30-48)39-42-38-53(62(45-23-11-3-12-24-45)46-25-13-4-14-26-46)50-35-32-40-31-34-49(52)58-55(40)59(50)57(42)60(51)56(41)58/h1-39H. The van der Waals surface area contributed by atoms with E-state index >= 15 is 0 Å². The highest BCUT2D eigenvalue weighted by molar-refractivity contribution is 6.47. The summed E-state index contributed by atoms with van der Waals surface area (Å²) in [5, 5.41) is 15.2. The molecule has 3 heteroatoms. The van der Waals surface area contributed by atoms with E-state index < -0.39 is 0 Å². The van der Waals surface area contributed by atoms with Crippen molar-refractivity contribution in [2.24, 2.45) is 0 Å². The Balaban J connectivity index is 1.23. The smallest absolute Gasteiger partial charge is 0.0546 e. The molecule has 13 rings (SSSR count). The molecule has 0 spiro atoms. The van der Waals surface area contributed by atoms with Gasteiger partial charge in [-0.2, -0.15) is 0 Å². The molecule has 0 bridgehead atoms. The van der Waals surface area contributed by atoms with Gasteiger partial charge >= 0.3 is 0 Å². The molecule has 13 aromatic rings. The Morgan fingerprint density at radius 2 is 0.429 bits per heavy atom. The summed E-state index contributed by atoms with van der Waals surface area (Å²) in [6, 6.07) is 86.4. The van der Waals surface area contributed by atoms with Crippen LogP contribution in [-0.4, -0.2) is 0 Å². The summed E-state index contributed by atoms with van der Waals surface area (Å²) in [7, 11) is 0. The summed E-state index contributed by atoms with van der Waals surface area (Å²) < 4.78 is 0. The molecule has 0 amide bonds. The fourth-order valence-electron chi connectivity index (χ4n) is 10.4. The van der Waals surface area contributed by atoms with E-state index in [4.69, 9.17) is 0 Å². The summed E-state index contributed by atoms with van der Waals surface area (Å²) in [4.78, 5) is 7.31. The van der Waals surface area contributed by atoms with Crippen LogP contribution in [0.25, 0.3) is 64.6 Å². The zero-order valence-electron chi connectivity index (χ0n) is 34.4. The van der Waals surface area contributed by atoms with Crippen LogP contribution in [0.5, 0.6) is 0 Å². The number of nitrogens with zero attached hydrogens (tertiary/aromatic N) is 3. The first-order valence-electron chi connectivity index (χ1n) is 21.7. The average molecular weight is 802 g/mol. The first-order chi connectivity index (χ1) is 31.3. The second kappa shape index (κ2) is 14.1. The number of hydrogen-bond donors (Lipinski definition) is 0. The van der Waals surface area contributed by atoms with Gasteiger partial charge < -0.3 is 14.7 Å². The Labute approximate surface area is 365 Å². The topological polar surface area (TPSA) is 9.72 Å². The van der Waals surface area contributed by atoms with Gasteiger partial charge in [0.25, 0.3) is 0 Å². The summed E-state index contributed by atoms with van der Waals surface area (Å²) in [5.74, 6) is 0. The van der Waals surface area contributed by atoms with Crippen molar-refractivity contribution in [2.75, 3.05) is 14.7 Å². The average Bonchev–Trinajstić information content (AvgIpc) is 3.35. The highest BCUT2D eigenvalue weighted by Crippen LogP contribution is 2.56. The lowest BCUT2D eigenvalue weighted by molar-refractivity contribution is 1.30. The van der Waals surface area contributed by atoms with Crippen molar-refractivity contribution in [3.05, 3.63) is 237 Å². The van der Waals surface area contributed by atoms with Crippen molar-refractivity contribution in [3.63, 3.8) is 0 Å². The molecule has 3 nitrogen and oxygen atoms in total. The van der Waals surface area contributed by atoms with Gasteiger partial charge in [0, 0.05) is 66.4 Å². The van der Waals surface area contributed by atoms with E-state index in [1.165, 1.54) is 64.6 Å². The largest absolute Gasteiger partial charge is 0.310 e. The Hall–Kier alpha value is -8.40. The van der Waals surface area contributed by atoms with Crippen molar-refractivity contribution in [1.82, 2.24) is 0 Å². The van der Waals surface area contributed by atoms with Gasteiger partial charge in [-0.25, -0.2) is 0 Å². The zero-order chi connectivity index (χ0) is 41.4. The van der Waals surface area contributed by atoms with E-state index in [1.54, 1.807) is 0 Å². The third-order valence-corrected chi connectivity index (χ3v) is 13.0. The van der Waals surface area contributed by atoms with Crippen LogP contribution in [0.3, 0.4) is 0 Å². The van der Waals surface area contributed by atoms with Gasteiger partial charge in [-0.15, -0.1) is 0 Å². The van der Waals surface area contributed by atoms with E-state index in [9.17, 15) is 0 Å². The van der Waals surface area contributed by atoms with Crippen LogP contribution in [-0.2, 0) is 0 Å². The van der Waals surface area contributed by atoms with Gasteiger partial charge in [0.2, 0.25) is 0 Å². The van der Waals surface area contributed by atoms with Crippen LogP contribution in [0, 0.1) is 0 Å². The van der Waals surface area contributed by atoms with Crippen LogP contribution in [0.1, 0.15) is 0 Å². The maximum atomic E-state index is 2.45. The summed E-state index contributed by atoms with van der Waals surface area (Å²) in [6.45, 7) is 0. The molecule has 0 N–H and O–H groups in total. The molecule has 13 aromatic carbocycles. The Bertz CT molecular complexity index is 3380. The highest BCUT2D eigenvalue weighted by atomic mass is 15.2. The van der Waals surface area contributed by atoms with E-state index in [0.29, 0.717) is 0 Å². The first-order valence-corrected chi connectivity index (χ1v) is 21.7. The highest BCUT2D eigenvalue weighted by Gasteiger charge is 2.29. The molecule has 0 aliphatic heterocycles. The third kappa shape index (κ3) is 5.40. The molecule has 0 aromatic heterocycles. The summed E-state index contributed by atoms with van der Waals surface area (Å²) in [5.41, 5.74) is 10.1. The molecule has 0 aliphatic rings. The summed E-state index contributed by atoms with van der Waals surface area (Å²) in [6.07, 6.45) is 0. The molecule has 0 saturated carbocycles. The van der Waals surface area contributed by atoms with Crippen molar-refractivity contribution >= 4 is 116 Å². The SMILES string of the molecule is c1ccc(N(c2ccccc2)c2cc3ccc4c(N(c5ccccc5)c5ccccc5)cc5cc(N(c6ccccc6)c6ccccc6)c6ccc7ccc2c2c7c6c5c4c32)cc1. The quantitative estimate of drug-likeness (QED) is 0.106. The number of para-hydroxylation sites is 6. The normalized spacial score (nSPS) is 11.8. The lowest BCUT2D eigenvalue weighted by Gasteiger charge is -2.32. The van der Waals surface area contributed by atoms with Crippen LogP contribution < -0.4 is 14.7 Å². The van der Waals surface area contributed by atoms with E-state index in [0.717, 1.165) is 51.2 Å². The van der Waals surface area contributed by atoms with Gasteiger partial charge in [-0.1, -0.05) is 146 Å². The Kier molecular flexibility index (Phi) is 7.91. The van der Waals surface area contributed by atoms with E-state index in [1.807, 2.05) is 0 Å². The zero-order valence-corrected chi connectivity index (χ0v) is 34.4. The van der Waals surface area contributed by atoms with E-state index in [-0.39, 0.29) is 0 Å². The van der Waals surface area contributed by atoms with Crippen LogP contribution in [0.2, 0.25) is 0 Å². The third-order valence-electron chi connectivity index (χ3n) is 13.0. The van der Waals surface area contributed by atoms with Crippen molar-refractivity contribution in [3.8, 4) is 0 Å². The van der Waals surface area contributed by atoms with E-state index in [2.05, 4.69) is 251 Å². The van der Waals surface area contributed by atoms with Crippen molar-refractivity contribution in [1.29, 1.82) is 0 Å². The molecule has 0 atom stereocenters. The van der Waals surface area contributed by atoms with Gasteiger partial charge in [0.15, 0.2) is 0 Å². The molecule has 0 saturated heterocycles. The first kappa shape index (κ1) is 35.4. The second-order valence-corrected chi connectivity index (χ2v) is 16.5. The maximum absolute atomic E-state index is 2.45. The lowest BCUT2D eigenvalue weighted by Crippen LogP contribution is -2.13. The molecule has 294 valence electrons. The minimum Gasteiger partial charge on any atom is -0.310 e. The maximum Gasteiger partial charge on any atom is 0.0546 e. The molecule has 63 heavy (non-hydrogen) atoms. The van der Waals surface area contributed by atoms with Gasteiger partial charge in [-0.3, -0.25) is 0 Å². The number of benzene rings is 13. The van der Waals surface area contributed by atoms with Crippen LogP contribution in [0.15, 0.2) is 237 Å². The molecular weight excluding hydrogens is 763 g/mol. The predicted octanol–water partition coefficient (Wildman–Crippen LogP) is 17.3. The molecular formula is C60H39N3. The molecule has 0 unspecified atom stereocenters. The minimum atomic E-state index is 1.11. The monoisotopic (exact) mass is 801 g/mol. The van der Waals surface area contributed by atoms with Crippen molar-refractivity contribution < 1.29 is 0 Å². The molecule has 0 heterocycles. The number of anilines is 9. The van der Waals surface area contributed by atoms with Gasteiger partial charge in [-0.05, 0) is 123 Å². The van der Waals surface area contributed by atoms with Crippen LogP contribution in [0.4, 0.5) is 51.2 Å². The second-order valence-electron chi connectivity index (χ2n) is 16.5. The van der Waals surface area contributed by atoms with Crippen LogP contribution >= 0.6 is 0 Å². The minimum absolute atomic E-state index is 1.11. The van der Waals surface area contributed by atoms with Gasteiger partial charge in [0.1, 0.15) is 0 Å². The fourth-order valence-corrected chi connectivity index (χ4v) is 10.4. The predicted molar refractivity (Wildman–Crippen MR) is 269 cm³/mol. The Morgan fingerprint density at radius 1 is 0.190 bits per heavy atom. The van der Waals surface area contributed by atoms with Crippen molar-refractivity contribution in [2.45, 2.75) is 0 Å². The number of hydrogen-bond acceptors (Lipinski definition) is 3. The fraction of sp³-hybridized carbons (Fsp3) is 0. The molecule has 0 aliphatic carbocycles. The molecule has 0 fully saturated rings. The van der Waals surface area contributed by atoms with Gasteiger partial charge in [0.05, 0.1) is 17.1 Å². The summed E-state index contributed by atoms with van der Waals surface area (Å²) >= 11 is 0. The number of rotatable bonds is 9. The lowest BCUT2D eigenvalue weighted by atomic mass is 9.81. The Morgan fingerprint density at radius 3 is 0.730 bits per heavy atom.